The van der Waals surface area contributed by atoms with Gasteiger partial charge in [0.1, 0.15) is 17.6 Å². The molecule has 0 bridgehead atoms. The van der Waals surface area contributed by atoms with Gasteiger partial charge in [-0.2, -0.15) is 5.26 Å². The quantitative estimate of drug-likeness (QED) is 0.462. The number of nitriles is 1. The minimum absolute atomic E-state index is 0.114. The first-order valence-electron chi connectivity index (χ1n) is 9.63. The Bertz CT molecular complexity index is 1310. The first-order chi connectivity index (χ1) is 14.9. The molecule has 4 aromatic heterocycles. The summed E-state index contributed by atoms with van der Waals surface area (Å²) in [6.45, 7) is 8.06. The smallest absolute Gasteiger partial charge is 0.256 e. The average molecular weight is 436 g/mol. The third-order valence-corrected chi connectivity index (χ3v) is 6.02. The van der Waals surface area contributed by atoms with Crippen molar-refractivity contribution in [2.75, 3.05) is 11.1 Å². The summed E-state index contributed by atoms with van der Waals surface area (Å²) in [6.07, 6.45) is 1.60. The van der Waals surface area contributed by atoms with Gasteiger partial charge in [-0.05, 0) is 51.5 Å². The molecule has 0 aliphatic carbocycles. The fourth-order valence-electron chi connectivity index (χ4n) is 3.48. The molecule has 0 aliphatic heterocycles. The lowest BCUT2D eigenvalue weighted by atomic mass is 10.2. The molecule has 0 spiro atoms. The maximum absolute atomic E-state index is 12.8. The summed E-state index contributed by atoms with van der Waals surface area (Å²) in [6, 6.07) is 7.81. The predicted octanol–water partition coefficient (Wildman–Crippen LogP) is 3.40. The van der Waals surface area contributed by atoms with Gasteiger partial charge in [0.05, 0.1) is 24.1 Å². The van der Waals surface area contributed by atoms with Gasteiger partial charge in [0.25, 0.3) is 5.78 Å². The summed E-state index contributed by atoms with van der Waals surface area (Å²) in [7, 11) is 0. The van der Waals surface area contributed by atoms with Crippen LogP contribution < -0.4 is 5.32 Å². The number of thioether (sulfide) groups is 1. The minimum atomic E-state index is -0.242. The van der Waals surface area contributed by atoms with Crippen LogP contribution in [0.5, 0.6) is 0 Å². The topological polar surface area (TPSA) is 114 Å². The first kappa shape index (κ1) is 20.7. The van der Waals surface area contributed by atoms with Crippen molar-refractivity contribution >= 4 is 29.3 Å². The van der Waals surface area contributed by atoms with E-state index < -0.39 is 0 Å². The van der Waals surface area contributed by atoms with Gasteiger partial charge in [0.2, 0.25) is 5.91 Å². The molecule has 0 aliphatic rings. The molecule has 31 heavy (non-hydrogen) atoms. The highest BCUT2D eigenvalue weighted by Crippen LogP contribution is 2.28. The molecule has 4 aromatic rings. The second-order valence-corrected chi connectivity index (χ2v) is 8.15. The molecule has 10 heteroatoms. The molecule has 0 atom stereocenters. The Balaban J connectivity index is 1.55. The van der Waals surface area contributed by atoms with Gasteiger partial charge in [0.15, 0.2) is 5.16 Å². The van der Waals surface area contributed by atoms with Crippen LogP contribution >= 0.6 is 11.8 Å². The van der Waals surface area contributed by atoms with E-state index in [1.54, 1.807) is 6.26 Å². The highest BCUT2D eigenvalue weighted by atomic mass is 32.2. The maximum Gasteiger partial charge on any atom is 0.256 e. The highest BCUT2D eigenvalue weighted by Gasteiger charge is 2.21. The van der Waals surface area contributed by atoms with E-state index in [1.165, 1.54) is 11.8 Å². The number of hydrogen-bond donors (Lipinski definition) is 1. The molecule has 9 nitrogen and oxygen atoms in total. The molecular weight excluding hydrogens is 414 g/mol. The van der Waals surface area contributed by atoms with E-state index in [2.05, 4.69) is 26.6 Å². The second kappa shape index (κ2) is 8.28. The molecule has 4 rings (SSSR count). The van der Waals surface area contributed by atoms with Crippen molar-refractivity contribution in [2.45, 2.75) is 39.4 Å². The Kier molecular flexibility index (Phi) is 5.52. The van der Waals surface area contributed by atoms with E-state index in [-0.39, 0.29) is 11.7 Å². The fourth-order valence-corrected chi connectivity index (χ4v) is 4.26. The summed E-state index contributed by atoms with van der Waals surface area (Å²) in [5.41, 5.74) is 3.99. The lowest BCUT2D eigenvalue weighted by molar-refractivity contribution is -0.113. The maximum atomic E-state index is 12.8. The Morgan fingerprint density at radius 3 is 2.81 bits per heavy atom. The summed E-state index contributed by atoms with van der Waals surface area (Å²) < 4.78 is 9.15. The van der Waals surface area contributed by atoms with Crippen molar-refractivity contribution in [1.29, 1.82) is 5.26 Å². The fraction of sp³-hybridized carbons (Fsp3) is 0.286. The molecule has 0 aromatic carbocycles. The standard InChI is InChI=1S/C21H21N7O2S/c1-12-8-13(2)28-20(23-12)25-26-21(28)31-11-18(29)24-19-17(9-22)14(3)15(4)27(19)10-16-6-5-7-30-16/h5-8H,10-11H2,1-4H3,(H,24,29). The van der Waals surface area contributed by atoms with Crippen LogP contribution in [0.3, 0.4) is 0 Å². The van der Waals surface area contributed by atoms with E-state index in [0.29, 0.717) is 28.9 Å². The van der Waals surface area contributed by atoms with Crippen molar-refractivity contribution in [2.24, 2.45) is 0 Å². The second-order valence-electron chi connectivity index (χ2n) is 7.21. The third kappa shape index (κ3) is 3.92. The van der Waals surface area contributed by atoms with Gasteiger partial charge < -0.3 is 14.3 Å². The first-order valence-corrected chi connectivity index (χ1v) is 10.6. The number of amides is 1. The molecule has 4 heterocycles. The van der Waals surface area contributed by atoms with Gasteiger partial charge in [-0.25, -0.2) is 4.98 Å². The van der Waals surface area contributed by atoms with E-state index in [4.69, 9.17) is 4.42 Å². The SMILES string of the molecule is Cc1cc(C)n2c(SCC(=O)Nc3c(C#N)c(C)c(C)n3Cc3ccco3)nnc2n1. The van der Waals surface area contributed by atoms with Crippen molar-refractivity contribution in [3.8, 4) is 6.07 Å². The highest BCUT2D eigenvalue weighted by molar-refractivity contribution is 7.99. The van der Waals surface area contributed by atoms with Gasteiger partial charge in [-0.1, -0.05) is 11.8 Å². The lowest BCUT2D eigenvalue weighted by Gasteiger charge is -2.12. The normalized spacial score (nSPS) is 11.1. The molecule has 1 amide bonds. The van der Waals surface area contributed by atoms with Crippen molar-refractivity contribution < 1.29 is 9.21 Å². The van der Waals surface area contributed by atoms with Crippen molar-refractivity contribution in [3.05, 3.63) is 58.4 Å². The number of aryl methyl sites for hydroxylation is 2. The molecular formula is C21H21N7O2S. The number of fused-ring (bicyclic) bond motifs is 1. The predicted molar refractivity (Wildman–Crippen MR) is 116 cm³/mol. The van der Waals surface area contributed by atoms with Crippen molar-refractivity contribution in [3.63, 3.8) is 0 Å². The average Bonchev–Trinajstić information content (AvgIpc) is 3.43. The Morgan fingerprint density at radius 1 is 1.29 bits per heavy atom. The summed E-state index contributed by atoms with van der Waals surface area (Å²) in [5, 5.41) is 21.4. The molecule has 1 N–H and O–H groups in total. The number of aromatic nitrogens is 5. The number of carbonyl (C=O) groups excluding carboxylic acids is 1. The number of carbonyl (C=O) groups is 1. The largest absolute Gasteiger partial charge is 0.467 e. The van der Waals surface area contributed by atoms with E-state index in [1.807, 2.05) is 54.9 Å². The number of hydrogen-bond acceptors (Lipinski definition) is 7. The molecule has 0 saturated heterocycles. The number of furan rings is 1. The van der Waals surface area contributed by atoms with Crippen LogP contribution in [0.1, 0.15) is 34.0 Å². The molecule has 158 valence electrons. The zero-order valence-corrected chi connectivity index (χ0v) is 18.4. The number of rotatable bonds is 6. The lowest BCUT2D eigenvalue weighted by Crippen LogP contribution is -2.18. The number of nitrogens with zero attached hydrogens (tertiary/aromatic N) is 6. The summed E-state index contributed by atoms with van der Waals surface area (Å²) >= 11 is 1.27. The van der Waals surface area contributed by atoms with Crippen LogP contribution in [-0.4, -0.2) is 35.8 Å². The summed E-state index contributed by atoms with van der Waals surface area (Å²) in [4.78, 5) is 17.1. The van der Waals surface area contributed by atoms with Gasteiger partial charge in [-0.3, -0.25) is 9.20 Å². The van der Waals surface area contributed by atoms with Crippen LogP contribution in [-0.2, 0) is 11.3 Å². The monoisotopic (exact) mass is 435 g/mol. The van der Waals surface area contributed by atoms with Gasteiger partial charge >= 0.3 is 0 Å². The Labute approximate surface area is 183 Å². The van der Waals surface area contributed by atoms with Crippen LogP contribution in [0, 0.1) is 39.0 Å². The number of nitrogens with one attached hydrogen (secondary N) is 1. The van der Waals surface area contributed by atoms with Crippen molar-refractivity contribution in [1.82, 2.24) is 24.1 Å². The summed E-state index contributed by atoms with van der Waals surface area (Å²) in [5.74, 6) is 1.59. The van der Waals surface area contributed by atoms with Crippen LogP contribution in [0.2, 0.25) is 0 Å². The van der Waals surface area contributed by atoms with Crippen LogP contribution in [0.15, 0.2) is 34.0 Å². The molecule has 0 unspecified atom stereocenters. The molecule has 0 fully saturated rings. The molecule has 0 radical (unpaired) electrons. The molecule has 0 saturated carbocycles. The zero-order chi connectivity index (χ0) is 22.1. The third-order valence-electron chi connectivity index (χ3n) is 5.09. The Hall–Kier alpha value is -3.58. The van der Waals surface area contributed by atoms with E-state index in [9.17, 15) is 10.1 Å². The zero-order valence-electron chi connectivity index (χ0n) is 17.6. The van der Waals surface area contributed by atoms with E-state index in [0.717, 1.165) is 28.4 Å². The minimum Gasteiger partial charge on any atom is -0.467 e. The van der Waals surface area contributed by atoms with Gasteiger partial charge in [-0.15, -0.1) is 10.2 Å². The van der Waals surface area contributed by atoms with E-state index >= 15 is 0 Å². The number of anilines is 1. The van der Waals surface area contributed by atoms with Crippen LogP contribution in [0.4, 0.5) is 5.82 Å². The van der Waals surface area contributed by atoms with Crippen LogP contribution in [0.25, 0.3) is 5.78 Å². The van der Waals surface area contributed by atoms with Gasteiger partial charge in [0, 0.05) is 17.1 Å². The Morgan fingerprint density at radius 2 is 2.10 bits per heavy atom.